The van der Waals surface area contributed by atoms with E-state index in [1.807, 2.05) is 0 Å². The minimum atomic E-state index is -0.318. The number of amides is 2. The van der Waals surface area contributed by atoms with Crippen molar-refractivity contribution in [3.05, 3.63) is 59.9 Å². The molecule has 0 spiro atoms. The van der Waals surface area contributed by atoms with E-state index in [0.717, 1.165) is 12.8 Å². The third-order valence-corrected chi connectivity index (χ3v) is 4.20. The SMILES string of the molecule is CN(CCOc1ccc(F)cc1)C(=O)c1ccc(NC(=O)C2CC2)cc1. The van der Waals surface area contributed by atoms with Crippen LogP contribution in [0.2, 0.25) is 0 Å². The van der Waals surface area contributed by atoms with Gasteiger partial charge >= 0.3 is 0 Å². The zero-order valence-corrected chi connectivity index (χ0v) is 14.6. The lowest BCUT2D eigenvalue weighted by atomic mass is 10.2. The molecule has 2 aromatic rings. The Bertz CT molecular complexity index is 771. The van der Waals surface area contributed by atoms with Gasteiger partial charge in [-0.05, 0) is 61.4 Å². The molecule has 6 heteroatoms. The molecule has 0 aliphatic heterocycles. The van der Waals surface area contributed by atoms with Gasteiger partial charge in [-0.3, -0.25) is 9.59 Å². The van der Waals surface area contributed by atoms with E-state index in [2.05, 4.69) is 5.32 Å². The number of nitrogens with one attached hydrogen (secondary N) is 1. The van der Waals surface area contributed by atoms with Crippen LogP contribution in [-0.2, 0) is 4.79 Å². The maximum Gasteiger partial charge on any atom is 0.253 e. The van der Waals surface area contributed by atoms with Crippen molar-refractivity contribution in [2.45, 2.75) is 12.8 Å². The van der Waals surface area contributed by atoms with Gasteiger partial charge in [0.25, 0.3) is 5.91 Å². The van der Waals surface area contributed by atoms with Gasteiger partial charge in [0.15, 0.2) is 0 Å². The average Bonchev–Trinajstić information content (AvgIpc) is 3.48. The van der Waals surface area contributed by atoms with E-state index in [4.69, 9.17) is 4.74 Å². The molecule has 1 fully saturated rings. The predicted molar refractivity (Wildman–Crippen MR) is 96.7 cm³/mol. The van der Waals surface area contributed by atoms with E-state index in [1.165, 1.54) is 12.1 Å². The van der Waals surface area contributed by atoms with E-state index < -0.39 is 0 Å². The highest BCUT2D eigenvalue weighted by Crippen LogP contribution is 2.30. The second-order valence-electron chi connectivity index (χ2n) is 6.37. The molecule has 26 heavy (non-hydrogen) atoms. The van der Waals surface area contributed by atoms with Gasteiger partial charge in [-0.15, -0.1) is 0 Å². The van der Waals surface area contributed by atoms with E-state index in [9.17, 15) is 14.0 Å². The summed E-state index contributed by atoms with van der Waals surface area (Å²) in [6.45, 7) is 0.708. The third-order valence-electron chi connectivity index (χ3n) is 4.20. The molecule has 1 aliphatic carbocycles. The normalized spacial score (nSPS) is 13.2. The highest BCUT2D eigenvalue weighted by atomic mass is 19.1. The third kappa shape index (κ3) is 4.81. The van der Waals surface area contributed by atoms with Gasteiger partial charge in [0, 0.05) is 24.2 Å². The van der Waals surface area contributed by atoms with E-state index in [0.29, 0.717) is 30.2 Å². The van der Waals surface area contributed by atoms with Crippen molar-refractivity contribution in [1.29, 1.82) is 0 Å². The number of ether oxygens (including phenoxy) is 1. The molecule has 0 atom stereocenters. The maximum absolute atomic E-state index is 12.8. The fraction of sp³-hybridized carbons (Fsp3) is 0.300. The van der Waals surface area contributed by atoms with Gasteiger partial charge in [-0.2, -0.15) is 0 Å². The summed E-state index contributed by atoms with van der Waals surface area (Å²) in [4.78, 5) is 25.7. The molecule has 0 aromatic heterocycles. The molecule has 1 aliphatic rings. The Labute approximate surface area is 151 Å². The van der Waals surface area contributed by atoms with E-state index in [-0.39, 0.29) is 23.5 Å². The maximum atomic E-state index is 12.8. The number of rotatable bonds is 7. The number of halogens is 1. The Kier molecular flexibility index (Phi) is 5.51. The zero-order chi connectivity index (χ0) is 18.5. The molecule has 1 saturated carbocycles. The average molecular weight is 356 g/mol. The van der Waals surface area contributed by atoms with Crippen molar-refractivity contribution >= 4 is 17.5 Å². The number of carbonyl (C=O) groups is 2. The van der Waals surface area contributed by atoms with Crippen LogP contribution >= 0.6 is 0 Å². The summed E-state index contributed by atoms with van der Waals surface area (Å²) in [5.74, 6) is 0.292. The molecule has 5 nitrogen and oxygen atoms in total. The number of likely N-dealkylation sites (N-methyl/N-ethyl adjacent to an activating group) is 1. The summed E-state index contributed by atoms with van der Waals surface area (Å²) in [6, 6.07) is 12.6. The van der Waals surface area contributed by atoms with Crippen molar-refractivity contribution < 1.29 is 18.7 Å². The Balaban J connectivity index is 1.47. The van der Waals surface area contributed by atoms with Crippen LogP contribution in [0, 0.1) is 11.7 Å². The molecular weight excluding hydrogens is 335 g/mol. The second kappa shape index (κ2) is 7.99. The summed E-state index contributed by atoms with van der Waals surface area (Å²) in [6.07, 6.45) is 1.90. The van der Waals surface area contributed by atoms with Crippen LogP contribution in [0.3, 0.4) is 0 Å². The summed E-state index contributed by atoms with van der Waals surface area (Å²) < 4.78 is 18.3. The molecule has 0 bridgehead atoms. The molecule has 2 aromatic carbocycles. The molecule has 0 radical (unpaired) electrons. The van der Waals surface area contributed by atoms with Crippen LogP contribution in [0.1, 0.15) is 23.2 Å². The molecule has 136 valence electrons. The van der Waals surface area contributed by atoms with Crippen molar-refractivity contribution in [3.63, 3.8) is 0 Å². The second-order valence-corrected chi connectivity index (χ2v) is 6.37. The molecule has 0 unspecified atom stereocenters. The van der Waals surface area contributed by atoms with E-state index >= 15 is 0 Å². The number of hydrogen-bond donors (Lipinski definition) is 1. The Morgan fingerprint density at radius 2 is 1.77 bits per heavy atom. The summed E-state index contributed by atoms with van der Waals surface area (Å²) in [7, 11) is 1.69. The minimum absolute atomic E-state index is 0.0409. The van der Waals surface area contributed by atoms with Crippen LogP contribution in [0.25, 0.3) is 0 Å². The molecule has 0 saturated heterocycles. The van der Waals surface area contributed by atoms with Crippen LogP contribution in [-0.4, -0.2) is 36.9 Å². The summed E-state index contributed by atoms with van der Waals surface area (Å²) >= 11 is 0. The lowest BCUT2D eigenvalue weighted by molar-refractivity contribution is -0.117. The highest BCUT2D eigenvalue weighted by molar-refractivity contribution is 5.96. The van der Waals surface area contributed by atoms with E-state index in [1.54, 1.807) is 48.3 Å². The first-order valence-electron chi connectivity index (χ1n) is 8.57. The molecule has 0 heterocycles. The van der Waals surface area contributed by atoms with Gasteiger partial charge in [0.2, 0.25) is 5.91 Å². The number of anilines is 1. The van der Waals surface area contributed by atoms with Crippen LogP contribution in [0.5, 0.6) is 5.75 Å². The Morgan fingerprint density at radius 3 is 2.38 bits per heavy atom. The van der Waals surface area contributed by atoms with Crippen molar-refractivity contribution in [2.24, 2.45) is 5.92 Å². The number of benzene rings is 2. The lowest BCUT2D eigenvalue weighted by Crippen LogP contribution is -2.30. The molecule has 3 rings (SSSR count). The number of hydrogen-bond acceptors (Lipinski definition) is 3. The summed E-state index contributed by atoms with van der Waals surface area (Å²) in [5, 5.41) is 2.85. The van der Waals surface area contributed by atoms with Gasteiger partial charge < -0.3 is 15.0 Å². The molecule has 2 amide bonds. The van der Waals surface area contributed by atoms with Gasteiger partial charge in [0.1, 0.15) is 18.2 Å². The van der Waals surface area contributed by atoms with Gasteiger partial charge in [0.05, 0.1) is 6.54 Å². The molecule has 1 N–H and O–H groups in total. The fourth-order valence-electron chi connectivity index (χ4n) is 2.44. The largest absolute Gasteiger partial charge is 0.492 e. The minimum Gasteiger partial charge on any atom is -0.492 e. The number of carbonyl (C=O) groups excluding carboxylic acids is 2. The molecular formula is C20H21FN2O3. The number of nitrogens with zero attached hydrogens (tertiary/aromatic N) is 1. The topological polar surface area (TPSA) is 58.6 Å². The van der Waals surface area contributed by atoms with Gasteiger partial charge in [-0.1, -0.05) is 0 Å². The van der Waals surface area contributed by atoms with Crippen LogP contribution < -0.4 is 10.1 Å². The van der Waals surface area contributed by atoms with Crippen molar-refractivity contribution in [3.8, 4) is 5.75 Å². The first-order chi connectivity index (χ1) is 12.5. The standard InChI is InChI=1S/C20H21FN2O3/c1-23(12-13-26-18-10-6-16(21)7-11-18)20(25)15-4-8-17(9-5-15)22-19(24)14-2-3-14/h4-11,14H,2-3,12-13H2,1H3,(H,22,24). The smallest absolute Gasteiger partial charge is 0.253 e. The Hall–Kier alpha value is -2.89. The van der Waals surface area contributed by atoms with Crippen LogP contribution in [0.15, 0.2) is 48.5 Å². The van der Waals surface area contributed by atoms with Crippen molar-refractivity contribution in [2.75, 3.05) is 25.5 Å². The summed E-state index contributed by atoms with van der Waals surface area (Å²) in [5.41, 5.74) is 1.24. The quantitative estimate of drug-likeness (QED) is 0.828. The first-order valence-corrected chi connectivity index (χ1v) is 8.57. The monoisotopic (exact) mass is 356 g/mol. The predicted octanol–water partition coefficient (Wildman–Crippen LogP) is 3.33. The van der Waals surface area contributed by atoms with Gasteiger partial charge in [-0.25, -0.2) is 4.39 Å². The highest BCUT2D eigenvalue weighted by Gasteiger charge is 2.29. The fourth-order valence-corrected chi connectivity index (χ4v) is 2.44. The lowest BCUT2D eigenvalue weighted by Gasteiger charge is -2.18. The zero-order valence-electron chi connectivity index (χ0n) is 14.6. The van der Waals surface area contributed by atoms with Crippen molar-refractivity contribution in [1.82, 2.24) is 4.90 Å². The Morgan fingerprint density at radius 1 is 1.12 bits per heavy atom. The first kappa shape index (κ1) is 17.9. The van der Waals surface area contributed by atoms with Crippen LogP contribution in [0.4, 0.5) is 10.1 Å².